The number of halogens is 1. The summed E-state index contributed by atoms with van der Waals surface area (Å²) in [5.41, 5.74) is 7.40. The zero-order valence-corrected chi connectivity index (χ0v) is 12.7. The Bertz CT molecular complexity index is 438. The number of hydrogen-bond donors (Lipinski definition) is 3. The zero-order chi connectivity index (χ0) is 13.7. The van der Waals surface area contributed by atoms with E-state index in [0.717, 1.165) is 29.4 Å². The Balaban J connectivity index is 2.02. The van der Waals surface area contributed by atoms with Crippen LogP contribution in [0.25, 0.3) is 0 Å². The molecule has 1 aromatic rings. The van der Waals surface area contributed by atoms with Crippen molar-refractivity contribution in [1.82, 2.24) is 16.2 Å². The fourth-order valence-corrected chi connectivity index (χ4v) is 2.69. The molecule has 5 heteroatoms. The summed E-state index contributed by atoms with van der Waals surface area (Å²) in [5, 5.41) is 3.01. The molecule has 104 valence electrons. The summed E-state index contributed by atoms with van der Waals surface area (Å²) in [5.74, 6) is 0.0575. The number of rotatable bonds is 5. The highest BCUT2D eigenvalue weighted by atomic mass is 79.9. The molecule has 0 aromatic heterocycles. The topological polar surface area (TPSA) is 53.2 Å². The number of nitrogens with one attached hydrogen (secondary N) is 3. The van der Waals surface area contributed by atoms with Crippen LogP contribution in [-0.2, 0) is 4.79 Å². The van der Waals surface area contributed by atoms with Crippen molar-refractivity contribution in [3.8, 4) is 0 Å². The van der Waals surface area contributed by atoms with E-state index in [0.29, 0.717) is 6.54 Å². The third-order valence-corrected chi connectivity index (χ3v) is 3.85. The Hall–Kier alpha value is -0.910. The van der Waals surface area contributed by atoms with Crippen LogP contribution in [0.4, 0.5) is 0 Å². The van der Waals surface area contributed by atoms with Crippen molar-refractivity contribution in [1.29, 1.82) is 0 Å². The van der Waals surface area contributed by atoms with Gasteiger partial charge < -0.3 is 5.32 Å². The highest BCUT2D eigenvalue weighted by Crippen LogP contribution is 2.26. The predicted octanol–water partition coefficient (Wildman–Crippen LogP) is 2.13. The number of carbonyl (C=O) groups is 1. The van der Waals surface area contributed by atoms with Crippen molar-refractivity contribution >= 4 is 21.8 Å². The molecule has 0 radical (unpaired) electrons. The van der Waals surface area contributed by atoms with Gasteiger partial charge in [-0.25, -0.2) is 5.43 Å². The molecule has 1 fully saturated rings. The average molecular weight is 326 g/mol. The van der Waals surface area contributed by atoms with Crippen LogP contribution in [0.5, 0.6) is 0 Å². The molecule has 2 unspecified atom stereocenters. The highest BCUT2D eigenvalue weighted by Gasteiger charge is 2.33. The largest absolute Gasteiger partial charge is 0.356 e. The first-order valence-corrected chi connectivity index (χ1v) is 7.53. The van der Waals surface area contributed by atoms with Crippen LogP contribution >= 0.6 is 15.9 Å². The normalized spacial score (nSPS) is 22.4. The maximum Gasteiger partial charge on any atom is 0.226 e. The van der Waals surface area contributed by atoms with Crippen molar-refractivity contribution in [2.24, 2.45) is 5.92 Å². The fourth-order valence-electron chi connectivity index (χ4n) is 2.28. The molecule has 1 aliphatic rings. The van der Waals surface area contributed by atoms with E-state index >= 15 is 0 Å². The van der Waals surface area contributed by atoms with Gasteiger partial charge in [0.1, 0.15) is 0 Å². The summed E-state index contributed by atoms with van der Waals surface area (Å²) >= 11 is 3.47. The van der Waals surface area contributed by atoms with Crippen molar-refractivity contribution in [2.75, 3.05) is 13.1 Å². The Morgan fingerprint density at radius 2 is 2.37 bits per heavy atom. The maximum absolute atomic E-state index is 12.2. The van der Waals surface area contributed by atoms with Crippen LogP contribution in [0.1, 0.15) is 31.4 Å². The van der Waals surface area contributed by atoms with Crippen LogP contribution in [0.15, 0.2) is 28.7 Å². The minimum Gasteiger partial charge on any atom is -0.356 e. The van der Waals surface area contributed by atoms with Crippen LogP contribution < -0.4 is 16.2 Å². The van der Waals surface area contributed by atoms with Gasteiger partial charge in [-0.15, -0.1) is 0 Å². The third-order valence-electron chi connectivity index (χ3n) is 3.36. The molecule has 1 amide bonds. The summed E-state index contributed by atoms with van der Waals surface area (Å²) in [6, 6.07) is 8.10. The number of unbranched alkanes of at least 4 members (excludes halogenated alkanes) is 1. The van der Waals surface area contributed by atoms with Gasteiger partial charge in [0.2, 0.25) is 5.91 Å². The van der Waals surface area contributed by atoms with Gasteiger partial charge >= 0.3 is 0 Å². The van der Waals surface area contributed by atoms with Crippen molar-refractivity contribution < 1.29 is 4.79 Å². The number of hydrogen-bond acceptors (Lipinski definition) is 3. The molecule has 2 rings (SSSR count). The lowest BCUT2D eigenvalue weighted by Gasteiger charge is -2.18. The van der Waals surface area contributed by atoms with Crippen molar-refractivity contribution in [2.45, 2.75) is 25.8 Å². The Labute approximate surface area is 122 Å². The summed E-state index contributed by atoms with van der Waals surface area (Å²) in [6.45, 7) is 3.54. The lowest BCUT2D eigenvalue weighted by Crippen LogP contribution is -2.35. The molecule has 0 saturated carbocycles. The SMILES string of the molecule is CCCCNC(=O)C1CNNC1c1cccc(Br)c1. The van der Waals surface area contributed by atoms with Gasteiger partial charge in [-0.3, -0.25) is 10.2 Å². The summed E-state index contributed by atoms with van der Waals surface area (Å²) in [6.07, 6.45) is 2.12. The van der Waals surface area contributed by atoms with E-state index < -0.39 is 0 Å². The summed E-state index contributed by atoms with van der Waals surface area (Å²) < 4.78 is 1.03. The minimum atomic E-state index is -0.0637. The lowest BCUT2D eigenvalue weighted by atomic mass is 9.94. The number of hydrazine groups is 1. The van der Waals surface area contributed by atoms with Gasteiger partial charge in [-0.05, 0) is 24.1 Å². The first-order valence-electron chi connectivity index (χ1n) is 6.74. The third kappa shape index (κ3) is 3.78. The van der Waals surface area contributed by atoms with E-state index in [4.69, 9.17) is 0 Å². The molecule has 1 heterocycles. The van der Waals surface area contributed by atoms with E-state index in [-0.39, 0.29) is 17.9 Å². The molecular formula is C14H20BrN3O. The first kappa shape index (κ1) is 14.5. The molecule has 1 aromatic carbocycles. The minimum absolute atomic E-state index is 0.0270. The standard InChI is InChI=1S/C14H20BrN3O/c1-2-3-7-16-14(19)12-9-17-18-13(12)10-5-4-6-11(15)8-10/h4-6,8,12-13,17-18H,2-3,7,9H2,1H3,(H,16,19). The smallest absolute Gasteiger partial charge is 0.226 e. The van der Waals surface area contributed by atoms with E-state index in [1.807, 2.05) is 18.2 Å². The number of amides is 1. The quantitative estimate of drug-likeness (QED) is 0.727. The molecule has 2 atom stereocenters. The maximum atomic E-state index is 12.2. The fraction of sp³-hybridized carbons (Fsp3) is 0.500. The number of carbonyl (C=O) groups excluding carboxylic acids is 1. The Morgan fingerprint density at radius 1 is 1.53 bits per heavy atom. The second-order valence-electron chi connectivity index (χ2n) is 4.81. The van der Waals surface area contributed by atoms with Crippen molar-refractivity contribution in [3.63, 3.8) is 0 Å². The van der Waals surface area contributed by atoms with Crippen LogP contribution in [0.3, 0.4) is 0 Å². The second kappa shape index (κ2) is 7.03. The predicted molar refractivity (Wildman–Crippen MR) is 79.4 cm³/mol. The van der Waals surface area contributed by atoms with E-state index in [1.165, 1.54) is 0 Å². The monoisotopic (exact) mass is 325 g/mol. The van der Waals surface area contributed by atoms with Gasteiger partial charge in [0.05, 0.1) is 12.0 Å². The summed E-state index contributed by atoms with van der Waals surface area (Å²) in [4.78, 5) is 12.2. The molecule has 0 spiro atoms. The van der Waals surface area contributed by atoms with Gasteiger partial charge in [-0.1, -0.05) is 41.4 Å². The average Bonchev–Trinajstić information content (AvgIpc) is 2.88. The van der Waals surface area contributed by atoms with Crippen molar-refractivity contribution in [3.05, 3.63) is 34.3 Å². The van der Waals surface area contributed by atoms with E-state index in [1.54, 1.807) is 0 Å². The molecule has 1 aliphatic heterocycles. The number of benzene rings is 1. The Kier molecular flexibility index (Phi) is 5.36. The van der Waals surface area contributed by atoms with Crippen LogP contribution in [-0.4, -0.2) is 19.0 Å². The molecule has 1 saturated heterocycles. The van der Waals surface area contributed by atoms with E-state index in [2.05, 4.69) is 45.1 Å². The molecular weight excluding hydrogens is 306 g/mol. The molecule has 0 bridgehead atoms. The van der Waals surface area contributed by atoms with Crippen LogP contribution in [0.2, 0.25) is 0 Å². The molecule has 3 N–H and O–H groups in total. The second-order valence-corrected chi connectivity index (χ2v) is 5.72. The lowest BCUT2D eigenvalue weighted by molar-refractivity contribution is -0.124. The molecule has 19 heavy (non-hydrogen) atoms. The van der Waals surface area contributed by atoms with Crippen LogP contribution in [0, 0.1) is 5.92 Å². The Morgan fingerprint density at radius 3 is 3.11 bits per heavy atom. The van der Waals surface area contributed by atoms with E-state index in [9.17, 15) is 4.79 Å². The van der Waals surface area contributed by atoms with Gasteiger partial charge in [-0.2, -0.15) is 0 Å². The first-order chi connectivity index (χ1) is 9.22. The van der Waals surface area contributed by atoms with Gasteiger partial charge in [0, 0.05) is 17.6 Å². The zero-order valence-electron chi connectivity index (χ0n) is 11.1. The molecule has 4 nitrogen and oxygen atoms in total. The van der Waals surface area contributed by atoms with Gasteiger partial charge in [0.15, 0.2) is 0 Å². The molecule has 0 aliphatic carbocycles. The summed E-state index contributed by atoms with van der Waals surface area (Å²) in [7, 11) is 0. The highest BCUT2D eigenvalue weighted by molar-refractivity contribution is 9.10. The van der Waals surface area contributed by atoms with Gasteiger partial charge in [0.25, 0.3) is 0 Å².